The van der Waals surface area contributed by atoms with Gasteiger partial charge in [-0.15, -0.1) is 0 Å². The Morgan fingerprint density at radius 1 is 0.846 bits per heavy atom. The van der Waals surface area contributed by atoms with Gasteiger partial charge in [0, 0.05) is 28.9 Å². The van der Waals surface area contributed by atoms with Crippen molar-refractivity contribution in [2.45, 2.75) is 29.4 Å². The van der Waals surface area contributed by atoms with Crippen molar-refractivity contribution in [3.8, 4) is 28.2 Å². The first-order valence-corrected chi connectivity index (χ1v) is 18.7. The lowest BCUT2D eigenvalue weighted by Gasteiger charge is -2.46. The van der Waals surface area contributed by atoms with Crippen LogP contribution in [0.1, 0.15) is 43.8 Å². The summed E-state index contributed by atoms with van der Waals surface area (Å²) in [5.74, 6) is -2.23. The Kier molecular flexibility index (Phi) is 7.35. The highest BCUT2D eigenvalue weighted by atomic mass is 32.2. The normalized spacial score (nSPS) is 15.0. The molecule has 0 spiro atoms. The van der Waals surface area contributed by atoms with E-state index in [2.05, 4.69) is 15.3 Å². The Labute approximate surface area is 296 Å². The van der Waals surface area contributed by atoms with Gasteiger partial charge in [0.05, 0.1) is 32.4 Å². The third kappa shape index (κ3) is 4.96. The maximum atomic E-state index is 15.1. The highest BCUT2D eigenvalue weighted by Gasteiger charge is 2.48. The number of nitrogens with zero attached hydrogens (tertiary/aromatic N) is 5. The molecule has 1 amide bonds. The zero-order chi connectivity index (χ0) is 36.7. The SMILES string of the molecule is Cc1ccc(S(=O)(=O)N2c3ccccc3-c3c(c(C(N)=O)nn3-c3ccc(S(N)(=O)=O)cc3)C2N2Cc3c(n[nH]c3C(=O)O)-c3ccccc32)cc1. The minimum atomic E-state index is -4.46. The van der Waals surface area contributed by atoms with Crippen molar-refractivity contribution in [2.75, 3.05) is 9.21 Å². The number of anilines is 2. The average molecular weight is 737 g/mol. The summed E-state index contributed by atoms with van der Waals surface area (Å²) in [6, 6.07) is 25.5. The van der Waals surface area contributed by atoms with Crippen LogP contribution in [0.25, 0.3) is 28.2 Å². The molecular weight excluding hydrogens is 709 g/mol. The smallest absolute Gasteiger partial charge is 0.354 e. The number of carbonyl (C=O) groups excluding carboxylic acids is 1. The van der Waals surface area contributed by atoms with E-state index in [0.29, 0.717) is 39.5 Å². The molecule has 52 heavy (non-hydrogen) atoms. The van der Waals surface area contributed by atoms with E-state index in [4.69, 9.17) is 10.9 Å². The number of carboxylic acid groups (broad SMARTS) is 1. The number of aryl methyl sites for hydroxylation is 1. The van der Waals surface area contributed by atoms with Crippen LogP contribution in [0.3, 0.4) is 0 Å². The molecule has 0 saturated heterocycles. The summed E-state index contributed by atoms with van der Waals surface area (Å²) >= 11 is 0. The number of sulfonamides is 2. The first-order chi connectivity index (χ1) is 24.8. The van der Waals surface area contributed by atoms with Crippen LogP contribution in [0.4, 0.5) is 11.4 Å². The molecule has 1 atom stereocenters. The van der Waals surface area contributed by atoms with Crippen LogP contribution >= 0.6 is 0 Å². The number of hydrogen-bond acceptors (Lipinski definition) is 9. The van der Waals surface area contributed by atoms with Crippen molar-refractivity contribution < 1.29 is 31.5 Å². The molecule has 6 aromatic rings. The van der Waals surface area contributed by atoms with Gasteiger partial charge in [-0.1, -0.05) is 54.1 Å². The monoisotopic (exact) mass is 736 g/mol. The molecule has 2 aliphatic heterocycles. The number of H-pyrrole nitrogens is 1. The Morgan fingerprint density at radius 3 is 2.10 bits per heavy atom. The third-order valence-electron chi connectivity index (χ3n) is 9.19. The fourth-order valence-corrected chi connectivity index (χ4v) is 9.00. The number of nitrogens with one attached hydrogen (secondary N) is 1. The molecule has 262 valence electrons. The highest BCUT2D eigenvalue weighted by Crippen LogP contribution is 2.53. The van der Waals surface area contributed by atoms with E-state index in [1.807, 2.05) is 6.92 Å². The lowest BCUT2D eigenvalue weighted by molar-refractivity contribution is 0.0689. The summed E-state index contributed by atoms with van der Waals surface area (Å²) in [4.78, 5) is 27.3. The standard InChI is InChI=1S/C35H28N8O7S2/c1-19-10-14-22(15-11-19)52(49,50)43-27-9-5-3-7-24(27)32-28(31(33(36)44)40-42(32)20-12-16-21(17-13-20)51(37,47)48)34(43)41-18-25-29(38-39-30(25)35(45)46)23-6-2-4-8-26(23)41/h2-17,34H,18H2,1H3,(H2,36,44)(H,38,39)(H,45,46)(H2,37,47,48). The van der Waals surface area contributed by atoms with Gasteiger partial charge in [-0.25, -0.2) is 35.8 Å². The van der Waals surface area contributed by atoms with E-state index in [1.54, 1.807) is 65.6 Å². The van der Waals surface area contributed by atoms with Crippen molar-refractivity contribution in [2.24, 2.45) is 10.9 Å². The number of rotatable bonds is 7. The molecule has 8 rings (SSSR count). The number of aromatic amines is 1. The Bertz CT molecular complexity index is 2690. The van der Waals surface area contributed by atoms with Gasteiger partial charge in [-0.3, -0.25) is 9.89 Å². The molecule has 1 unspecified atom stereocenters. The fraction of sp³-hybridized carbons (Fsp3) is 0.0857. The molecule has 17 heteroatoms. The second-order valence-electron chi connectivity index (χ2n) is 12.3. The number of benzene rings is 4. The van der Waals surface area contributed by atoms with Gasteiger partial charge < -0.3 is 15.7 Å². The van der Waals surface area contributed by atoms with Gasteiger partial charge in [0.25, 0.3) is 15.9 Å². The zero-order valence-corrected chi connectivity index (χ0v) is 28.8. The van der Waals surface area contributed by atoms with Crippen LogP contribution in [-0.2, 0) is 26.6 Å². The first-order valence-electron chi connectivity index (χ1n) is 15.7. The van der Waals surface area contributed by atoms with Gasteiger partial charge in [0.15, 0.2) is 5.69 Å². The van der Waals surface area contributed by atoms with Gasteiger partial charge in [0.1, 0.15) is 17.6 Å². The molecular formula is C35H28N8O7S2. The number of aromatic nitrogens is 4. The molecule has 4 aromatic carbocycles. The molecule has 0 saturated carbocycles. The lowest BCUT2D eigenvalue weighted by Crippen LogP contribution is -2.48. The van der Waals surface area contributed by atoms with E-state index in [0.717, 1.165) is 5.56 Å². The summed E-state index contributed by atoms with van der Waals surface area (Å²) < 4.78 is 56.9. The number of aromatic carboxylic acids is 1. The number of fused-ring (bicyclic) bond motifs is 6. The minimum absolute atomic E-state index is 0.0338. The second-order valence-corrected chi connectivity index (χ2v) is 15.7. The van der Waals surface area contributed by atoms with E-state index < -0.39 is 38.1 Å². The summed E-state index contributed by atoms with van der Waals surface area (Å²) in [6.07, 6.45) is -1.37. The van der Waals surface area contributed by atoms with Crippen molar-refractivity contribution in [3.05, 3.63) is 125 Å². The van der Waals surface area contributed by atoms with Crippen molar-refractivity contribution in [1.29, 1.82) is 0 Å². The first kappa shape index (κ1) is 32.9. The number of primary amides is 1. The summed E-state index contributed by atoms with van der Waals surface area (Å²) in [5.41, 5.74) is 9.48. The predicted molar refractivity (Wildman–Crippen MR) is 190 cm³/mol. The van der Waals surface area contributed by atoms with Crippen LogP contribution in [-0.4, -0.2) is 53.8 Å². The number of nitrogens with two attached hydrogens (primary N) is 2. The maximum absolute atomic E-state index is 15.1. The number of hydrogen-bond donors (Lipinski definition) is 4. The topological polar surface area (TPSA) is 228 Å². The third-order valence-corrected chi connectivity index (χ3v) is 11.9. The van der Waals surface area contributed by atoms with Crippen molar-refractivity contribution >= 4 is 43.3 Å². The lowest BCUT2D eigenvalue weighted by atomic mass is 9.92. The van der Waals surface area contributed by atoms with Crippen LogP contribution in [0, 0.1) is 6.92 Å². The second kappa shape index (κ2) is 11.6. The number of primary sulfonamides is 1. The fourth-order valence-electron chi connectivity index (χ4n) is 6.88. The summed E-state index contributed by atoms with van der Waals surface area (Å²) in [5, 5.41) is 27.0. The van der Waals surface area contributed by atoms with Gasteiger partial charge >= 0.3 is 5.97 Å². The highest BCUT2D eigenvalue weighted by molar-refractivity contribution is 7.93. The Balaban J connectivity index is 1.47. The Morgan fingerprint density at radius 2 is 1.46 bits per heavy atom. The molecule has 2 aromatic heterocycles. The summed E-state index contributed by atoms with van der Waals surface area (Å²) in [6.45, 7) is 1.68. The molecule has 15 nitrogen and oxygen atoms in total. The van der Waals surface area contributed by atoms with E-state index in [1.165, 1.54) is 45.4 Å². The molecule has 0 aliphatic carbocycles. The maximum Gasteiger partial charge on any atom is 0.354 e. The minimum Gasteiger partial charge on any atom is -0.477 e. The van der Waals surface area contributed by atoms with Crippen LogP contribution < -0.4 is 20.1 Å². The largest absolute Gasteiger partial charge is 0.477 e. The molecule has 2 aliphatic rings. The van der Waals surface area contributed by atoms with Crippen LogP contribution in [0.15, 0.2) is 107 Å². The molecule has 6 N–H and O–H groups in total. The molecule has 0 radical (unpaired) electrons. The van der Waals surface area contributed by atoms with E-state index >= 15 is 8.42 Å². The van der Waals surface area contributed by atoms with E-state index in [9.17, 15) is 23.1 Å². The van der Waals surface area contributed by atoms with Crippen molar-refractivity contribution in [1.82, 2.24) is 20.0 Å². The molecule has 4 heterocycles. The van der Waals surface area contributed by atoms with Crippen LogP contribution in [0.5, 0.6) is 0 Å². The van der Waals surface area contributed by atoms with Gasteiger partial charge in [-0.05, 0) is 55.5 Å². The number of carboxylic acids is 1. The van der Waals surface area contributed by atoms with Gasteiger partial charge in [-0.2, -0.15) is 10.2 Å². The summed E-state index contributed by atoms with van der Waals surface area (Å²) in [7, 11) is -8.51. The zero-order valence-electron chi connectivity index (χ0n) is 27.1. The number of amides is 1. The molecule has 0 fully saturated rings. The quantitative estimate of drug-likeness (QED) is 0.185. The van der Waals surface area contributed by atoms with Gasteiger partial charge in [0.2, 0.25) is 10.0 Å². The van der Waals surface area contributed by atoms with Crippen LogP contribution in [0.2, 0.25) is 0 Å². The predicted octanol–water partition coefficient (Wildman–Crippen LogP) is 3.91. The molecule has 0 bridgehead atoms. The van der Waals surface area contributed by atoms with E-state index in [-0.39, 0.29) is 39.0 Å². The average Bonchev–Trinajstić information content (AvgIpc) is 3.74. The van der Waals surface area contributed by atoms with Crippen molar-refractivity contribution in [3.63, 3.8) is 0 Å². The Hall–Kier alpha value is -6.30. The number of para-hydroxylation sites is 2. The number of carbonyl (C=O) groups is 2.